The van der Waals surface area contributed by atoms with Gasteiger partial charge in [0.15, 0.2) is 5.69 Å². The summed E-state index contributed by atoms with van der Waals surface area (Å²) in [7, 11) is 0. The topological polar surface area (TPSA) is 139 Å². The fraction of sp³-hybridized carbons (Fsp3) is 0.464. The second-order valence-electron chi connectivity index (χ2n) is 9.84. The molecule has 3 heterocycles. The van der Waals surface area contributed by atoms with Crippen LogP contribution in [0.4, 0.5) is 0 Å². The third kappa shape index (κ3) is 7.85. The molecule has 2 N–H and O–H groups in total. The lowest BCUT2D eigenvalue weighted by Crippen LogP contribution is -2.36. The normalized spacial score (nSPS) is 25.9. The molecule has 1 aromatic rings. The van der Waals surface area contributed by atoms with Crippen molar-refractivity contribution in [2.45, 2.75) is 59.2 Å². The molecule has 0 radical (unpaired) electrons. The summed E-state index contributed by atoms with van der Waals surface area (Å²) in [5.74, 6) is -2.07. The van der Waals surface area contributed by atoms with Crippen LogP contribution in [0.2, 0.25) is 0 Å². The van der Waals surface area contributed by atoms with Gasteiger partial charge in [-0.1, -0.05) is 56.7 Å². The molecule has 0 aromatic carbocycles. The van der Waals surface area contributed by atoms with Crippen LogP contribution >= 0.6 is 0 Å². The lowest BCUT2D eigenvalue weighted by atomic mass is 9.94. The van der Waals surface area contributed by atoms with Crippen molar-refractivity contribution < 1.29 is 33.4 Å². The predicted molar refractivity (Wildman–Crippen MR) is 139 cm³/mol. The van der Waals surface area contributed by atoms with Gasteiger partial charge in [0.05, 0.1) is 12.5 Å². The van der Waals surface area contributed by atoms with Gasteiger partial charge < -0.3 is 24.5 Å². The summed E-state index contributed by atoms with van der Waals surface area (Å²) in [5, 5.41) is 13.0. The first-order chi connectivity index (χ1) is 18.0. The Morgan fingerprint density at radius 2 is 1.95 bits per heavy atom. The van der Waals surface area contributed by atoms with Crippen LogP contribution in [0.3, 0.4) is 0 Å². The van der Waals surface area contributed by atoms with Crippen molar-refractivity contribution in [2.75, 3.05) is 13.1 Å². The lowest BCUT2D eigenvalue weighted by molar-refractivity contribution is -0.149. The number of esters is 1. The molecule has 10 nitrogen and oxygen atoms in total. The van der Waals surface area contributed by atoms with Crippen molar-refractivity contribution in [3.05, 3.63) is 65.6 Å². The Morgan fingerprint density at radius 3 is 2.68 bits per heavy atom. The molecule has 2 bridgehead atoms. The Hall–Kier alpha value is -3.79. The van der Waals surface area contributed by atoms with Gasteiger partial charge in [-0.05, 0) is 25.3 Å². The smallest absolute Gasteiger partial charge is 0.355 e. The Bertz CT molecular complexity index is 1170. The summed E-state index contributed by atoms with van der Waals surface area (Å²) in [5.41, 5.74) is 0.809. The van der Waals surface area contributed by atoms with E-state index in [1.807, 2.05) is 20.8 Å². The molecule has 0 saturated carbocycles. The highest BCUT2D eigenvalue weighted by atomic mass is 16.5. The summed E-state index contributed by atoms with van der Waals surface area (Å²) < 4.78 is 11.1. The van der Waals surface area contributed by atoms with E-state index in [0.29, 0.717) is 6.42 Å². The number of Topliss-reactive ketones (excluding diaryl/α,β-unsaturated/α-hetero) is 1. The van der Waals surface area contributed by atoms with Crippen molar-refractivity contribution in [1.29, 1.82) is 0 Å². The standard InChI is InChI=1S/C28H35N3O7/c1-17(2)26-19(4)9-10-24(34)29-11-5-7-18(3)13-20(32)14-21(33)15-25-30-22(16-37-25)27(35)31-12-6-8-23(31)28(36)38-26/h5,7-10,13,16-17,19-20,26,32H,6,11-12,14-15H2,1-4H3,(H,29,34)/b7-5?,10-9?,18-13-/t19-,20-,26-/m1/s1. The van der Waals surface area contributed by atoms with Gasteiger partial charge in [-0.25, -0.2) is 9.78 Å². The Kier molecular flexibility index (Phi) is 9.95. The maximum absolute atomic E-state index is 13.1. The van der Waals surface area contributed by atoms with Crippen molar-refractivity contribution in [3.8, 4) is 0 Å². The number of hydrogen-bond donors (Lipinski definition) is 2. The molecule has 38 heavy (non-hydrogen) atoms. The van der Waals surface area contributed by atoms with Crippen molar-refractivity contribution in [3.63, 3.8) is 0 Å². The van der Waals surface area contributed by atoms with Gasteiger partial charge in [0.25, 0.3) is 5.91 Å². The average Bonchev–Trinajstić information content (AvgIpc) is 3.52. The van der Waals surface area contributed by atoms with Gasteiger partial charge in [-0.3, -0.25) is 14.4 Å². The minimum absolute atomic E-state index is 0.0315. The molecule has 0 saturated heterocycles. The molecule has 0 spiro atoms. The number of carbonyl (C=O) groups is 4. The van der Waals surface area contributed by atoms with Gasteiger partial charge in [0, 0.05) is 25.4 Å². The van der Waals surface area contributed by atoms with Crippen LogP contribution < -0.4 is 5.32 Å². The first kappa shape index (κ1) is 28.8. The maximum atomic E-state index is 13.1. The van der Waals surface area contributed by atoms with Crippen LogP contribution in [0.5, 0.6) is 0 Å². The minimum Gasteiger partial charge on any atom is -0.457 e. The van der Waals surface area contributed by atoms with E-state index in [1.54, 1.807) is 37.3 Å². The summed E-state index contributed by atoms with van der Waals surface area (Å²) in [4.78, 5) is 56.3. The molecule has 0 unspecified atom stereocenters. The first-order valence-corrected chi connectivity index (χ1v) is 12.7. The summed E-state index contributed by atoms with van der Waals surface area (Å²) in [6.45, 7) is 8.00. The van der Waals surface area contributed by atoms with Gasteiger partial charge in [-0.15, -0.1) is 0 Å². The van der Waals surface area contributed by atoms with Gasteiger partial charge >= 0.3 is 5.97 Å². The molecule has 3 atom stereocenters. The van der Waals surface area contributed by atoms with E-state index >= 15 is 0 Å². The molecular weight excluding hydrogens is 490 g/mol. The average molecular weight is 526 g/mol. The van der Waals surface area contributed by atoms with E-state index in [4.69, 9.17) is 9.15 Å². The fourth-order valence-electron chi connectivity index (χ4n) is 4.33. The van der Waals surface area contributed by atoms with E-state index in [0.717, 1.165) is 11.8 Å². The van der Waals surface area contributed by atoms with Crippen LogP contribution in [0, 0.1) is 11.8 Å². The summed E-state index contributed by atoms with van der Waals surface area (Å²) in [6, 6.07) is 0. The number of rotatable bonds is 1. The molecule has 0 fully saturated rings. The first-order valence-electron chi connectivity index (χ1n) is 12.7. The molecule has 1 aromatic heterocycles. The number of aliphatic hydroxyl groups excluding tert-OH is 1. The minimum atomic E-state index is -1.01. The molecule has 204 valence electrons. The van der Waals surface area contributed by atoms with Crippen molar-refractivity contribution in [2.24, 2.45) is 11.8 Å². The van der Waals surface area contributed by atoms with Crippen LogP contribution in [-0.4, -0.2) is 63.9 Å². The van der Waals surface area contributed by atoms with Gasteiger partial charge in [0.1, 0.15) is 23.8 Å². The summed E-state index contributed by atoms with van der Waals surface area (Å²) >= 11 is 0. The van der Waals surface area contributed by atoms with Crippen molar-refractivity contribution >= 4 is 23.6 Å². The molecule has 10 heteroatoms. The van der Waals surface area contributed by atoms with Crippen molar-refractivity contribution in [1.82, 2.24) is 15.2 Å². The Labute approximate surface area is 222 Å². The molecule has 2 aliphatic rings. The highest BCUT2D eigenvalue weighted by Crippen LogP contribution is 2.24. The van der Waals surface area contributed by atoms with Crippen LogP contribution in [0.25, 0.3) is 0 Å². The number of ketones is 1. The van der Waals surface area contributed by atoms with E-state index in [2.05, 4.69) is 10.3 Å². The second kappa shape index (κ2) is 13.1. The molecule has 3 rings (SSSR count). The SMILES string of the molecule is C/C1=C/[C@@H](O)CC(=O)Cc2nc(co2)C(=O)N2CCC=C2C(=O)O[C@H](C(C)C)[C@H](C)C=CC(=O)NCC=C1. The predicted octanol–water partition coefficient (Wildman–Crippen LogP) is 2.66. The number of nitrogens with one attached hydrogen (secondary N) is 1. The number of ether oxygens (including phenoxy) is 1. The third-order valence-corrected chi connectivity index (χ3v) is 6.19. The number of cyclic esters (lactones) is 1. The number of nitrogens with zero attached hydrogens (tertiary/aromatic N) is 2. The number of carbonyl (C=O) groups excluding carboxylic acids is 4. The number of allylic oxidation sites excluding steroid dienone is 2. The largest absolute Gasteiger partial charge is 0.457 e. The fourth-order valence-corrected chi connectivity index (χ4v) is 4.33. The highest BCUT2D eigenvalue weighted by Gasteiger charge is 2.33. The number of fused-ring (bicyclic) bond motifs is 3. The Balaban J connectivity index is 1.86. The lowest BCUT2D eigenvalue weighted by Gasteiger charge is -2.27. The molecule has 2 aliphatic heterocycles. The highest BCUT2D eigenvalue weighted by molar-refractivity contribution is 6.00. The molecule has 2 amide bonds. The zero-order valence-electron chi connectivity index (χ0n) is 22.2. The van der Waals surface area contributed by atoms with Crippen LogP contribution in [0.1, 0.15) is 56.9 Å². The Morgan fingerprint density at radius 1 is 1.18 bits per heavy atom. The maximum Gasteiger partial charge on any atom is 0.355 e. The molecular formula is C28H35N3O7. The zero-order chi connectivity index (χ0) is 27.8. The third-order valence-electron chi connectivity index (χ3n) is 6.19. The number of amides is 2. The van der Waals surface area contributed by atoms with E-state index in [9.17, 15) is 24.3 Å². The summed E-state index contributed by atoms with van der Waals surface area (Å²) in [6.07, 6.45) is 9.48. The number of hydrogen-bond acceptors (Lipinski definition) is 8. The monoisotopic (exact) mass is 525 g/mol. The van der Waals surface area contributed by atoms with Crippen LogP contribution in [-0.2, 0) is 25.5 Å². The number of aliphatic hydroxyl groups is 1. The van der Waals surface area contributed by atoms with Gasteiger partial charge in [-0.2, -0.15) is 0 Å². The van der Waals surface area contributed by atoms with E-state index < -0.39 is 24.1 Å². The number of oxazole rings is 1. The van der Waals surface area contributed by atoms with E-state index in [-0.39, 0.29) is 66.7 Å². The second-order valence-corrected chi connectivity index (χ2v) is 9.84. The molecule has 0 aliphatic carbocycles. The number of aromatic nitrogens is 1. The van der Waals surface area contributed by atoms with E-state index in [1.165, 1.54) is 11.0 Å². The van der Waals surface area contributed by atoms with Crippen LogP contribution in [0.15, 0.2) is 58.4 Å². The van der Waals surface area contributed by atoms with Gasteiger partial charge in [0.2, 0.25) is 11.8 Å². The quantitative estimate of drug-likeness (QED) is 0.534. The zero-order valence-corrected chi connectivity index (χ0v) is 22.2.